The predicted molar refractivity (Wildman–Crippen MR) is 74.8 cm³/mol. The quantitative estimate of drug-likeness (QED) is 0.843. The highest BCUT2D eigenvalue weighted by Gasteiger charge is 2.27. The smallest absolute Gasteiger partial charge is 0.141 e. The van der Waals surface area contributed by atoms with Crippen LogP contribution in [-0.4, -0.2) is 44.8 Å². The third-order valence-electron chi connectivity index (χ3n) is 4.31. The van der Waals surface area contributed by atoms with Crippen molar-refractivity contribution in [3.05, 3.63) is 12.2 Å². The van der Waals surface area contributed by atoms with E-state index < -0.39 is 0 Å². The molecule has 2 heterocycles. The molecule has 0 amide bonds. The van der Waals surface area contributed by atoms with Crippen LogP contribution in [0, 0.1) is 0 Å². The number of hydrogen-bond acceptors (Lipinski definition) is 4. The number of aryl methyl sites for hydroxylation is 1. The molecule has 1 saturated heterocycles. The summed E-state index contributed by atoms with van der Waals surface area (Å²) in [6.45, 7) is 6.33. The molecule has 2 fully saturated rings. The van der Waals surface area contributed by atoms with Gasteiger partial charge in [0.25, 0.3) is 0 Å². The van der Waals surface area contributed by atoms with Gasteiger partial charge < -0.3 is 5.32 Å². The molecule has 5 nitrogen and oxygen atoms in total. The molecule has 1 aromatic rings. The lowest BCUT2D eigenvalue weighted by atomic mass is 10.0. The Labute approximate surface area is 115 Å². The summed E-state index contributed by atoms with van der Waals surface area (Å²) in [7, 11) is 0. The van der Waals surface area contributed by atoms with E-state index >= 15 is 0 Å². The third kappa shape index (κ3) is 3.34. The Morgan fingerprint density at radius 2 is 2.21 bits per heavy atom. The summed E-state index contributed by atoms with van der Waals surface area (Å²) < 4.78 is 2.01. The maximum atomic E-state index is 4.41. The lowest BCUT2D eigenvalue weighted by Gasteiger charge is -2.35. The fraction of sp³-hybridized carbons (Fsp3) is 0.857. The van der Waals surface area contributed by atoms with E-state index in [0.29, 0.717) is 6.04 Å². The van der Waals surface area contributed by atoms with Gasteiger partial charge in [0.05, 0.1) is 6.54 Å². The molecule has 0 spiro atoms. The normalized spacial score (nSPS) is 24.8. The summed E-state index contributed by atoms with van der Waals surface area (Å²) in [6, 6.07) is 1.49. The number of likely N-dealkylation sites (tertiary alicyclic amines) is 1. The molecule has 0 aromatic carbocycles. The maximum absolute atomic E-state index is 4.41. The second-order valence-electron chi connectivity index (χ2n) is 5.79. The van der Waals surface area contributed by atoms with E-state index in [4.69, 9.17) is 0 Å². The standard InChI is InChI=1S/C14H25N5/c1-2-19-14(16-11-17-19)10-18-8-4-3-5-13(18)9-15-12-6-7-12/h11-13,15H,2-10H2,1H3. The number of rotatable bonds is 6. The average Bonchev–Trinajstić information content (AvgIpc) is 3.16. The molecule has 1 aromatic heterocycles. The minimum Gasteiger partial charge on any atom is -0.312 e. The second kappa shape index (κ2) is 6.01. The summed E-state index contributed by atoms with van der Waals surface area (Å²) >= 11 is 0. The van der Waals surface area contributed by atoms with Crippen molar-refractivity contribution in [3.8, 4) is 0 Å². The monoisotopic (exact) mass is 263 g/mol. The van der Waals surface area contributed by atoms with Crippen LogP contribution in [0.4, 0.5) is 0 Å². The first-order chi connectivity index (χ1) is 9.36. The number of nitrogens with zero attached hydrogens (tertiary/aromatic N) is 4. The first-order valence-electron chi connectivity index (χ1n) is 7.71. The molecule has 1 aliphatic heterocycles. The minimum absolute atomic E-state index is 0.677. The van der Waals surface area contributed by atoms with Crippen LogP contribution < -0.4 is 5.32 Å². The van der Waals surface area contributed by atoms with Crippen LogP contribution in [0.25, 0.3) is 0 Å². The van der Waals surface area contributed by atoms with Crippen LogP contribution in [0.2, 0.25) is 0 Å². The van der Waals surface area contributed by atoms with E-state index in [1.54, 1.807) is 6.33 Å². The average molecular weight is 263 g/mol. The first-order valence-corrected chi connectivity index (χ1v) is 7.71. The lowest BCUT2D eigenvalue weighted by Crippen LogP contribution is -2.45. The summed E-state index contributed by atoms with van der Waals surface area (Å²) in [5.74, 6) is 1.11. The fourth-order valence-corrected chi connectivity index (χ4v) is 2.95. The minimum atomic E-state index is 0.677. The molecule has 5 heteroatoms. The topological polar surface area (TPSA) is 46.0 Å². The molecule has 106 valence electrons. The van der Waals surface area contributed by atoms with Crippen molar-refractivity contribution in [1.29, 1.82) is 0 Å². The van der Waals surface area contributed by atoms with Gasteiger partial charge in [-0.05, 0) is 39.2 Å². The maximum Gasteiger partial charge on any atom is 0.141 e. The third-order valence-corrected chi connectivity index (χ3v) is 4.31. The molecule has 19 heavy (non-hydrogen) atoms. The molecule has 0 bridgehead atoms. The molecule has 1 N–H and O–H groups in total. The van der Waals surface area contributed by atoms with Crippen molar-refractivity contribution in [2.45, 2.75) is 64.2 Å². The van der Waals surface area contributed by atoms with Gasteiger partial charge in [-0.15, -0.1) is 0 Å². The van der Waals surface area contributed by atoms with Gasteiger partial charge in [-0.2, -0.15) is 5.10 Å². The van der Waals surface area contributed by atoms with Crippen molar-refractivity contribution < 1.29 is 0 Å². The first kappa shape index (κ1) is 13.1. The predicted octanol–water partition coefficient (Wildman–Crippen LogP) is 1.40. The molecule has 0 radical (unpaired) electrons. The van der Waals surface area contributed by atoms with Gasteiger partial charge in [-0.25, -0.2) is 9.67 Å². The number of nitrogens with one attached hydrogen (secondary N) is 1. The zero-order valence-corrected chi connectivity index (χ0v) is 11.9. The summed E-state index contributed by atoms with van der Waals surface area (Å²) in [5, 5.41) is 7.95. The van der Waals surface area contributed by atoms with Crippen molar-refractivity contribution in [2.75, 3.05) is 13.1 Å². The van der Waals surface area contributed by atoms with Crippen molar-refractivity contribution in [1.82, 2.24) is 25.0 Å². The Bertz CT molecular complexity index is 398. The van der Waals surface area contributed by atoms with Gasteiger partial charge in [0.15, 0.2) is 0 Å². The highest BCUT2D eigenvalue weighted by Crippen LogP contribution is 2.22. The molecule has 1 saturated carbocycles. The van der Waals surface area contributed by atoms with E-state index in [1.165, 1.54) is 38.6 Å². The Morgan fingerprint density at radius 3 is 3.00 bits per heavy atom. The molecule has 2 aliphatic rings. The molecule has 1 unspecified atom stereocenters. The molecule has 1 atom stereocenters. The molecule has 1 aliphatic carbocycles. The van der Waals surface area contributed by atoms with E-state index in [-0.39, 0.29) is 0 Å². The number of aromatic nitrogens is 3. The van der Waals surface area contributed by atoms with Crippen molar-refractivity contribution >= 4 is 0 Å². The second-order valence-corrected chi connectivity index (χ2v) is 5.79. The Hall–Kier alpha value is -0.940. The van der Waals surface area contributed by atoms with Crippen LogP contribution in [0.3, 0.4) is 0 Å². The number of hydrogen-bond donors (Lipinski definition) is 1. The van der Waals surface area contributed by atoms with E-state index in [0.717, 1.165) is 31.5 Å². The van der Waals surface area contributed by atoms with Crippen molar-refractivity contribution in [3.63, 3.8) is 0 Å². The van der Waals surface area contributed by atoms with Gasteiger partial charge in [0.2, 0.25) is 0 Å². The Morgan fingerprint density at radius 1 is 1.32 bits per heavy atom. The number of piperidine rings is 1. The van der Waals surface area contributed by atoms with Gasteiger partial charge >= 0.3 is 0 Å². The highest BCUT2D eigenvalue weighted by atomic mass is 15.3. The Balaban J connectivity index is 1.59. The van der Waals surface area contributed by atoms with Gasteiger partial charge in [-0.3, -0.25) is 4.90 Å². The van der Waals surface area contributed by atoms with Crippen LogP contribution in [0.1, 0.15) is 44.9 Å². The zero-order chi connectivity index (χ0) is 13.1. The van der Waals surface area contributed by atoms with Crippen molar-refractivity contribution in [2.24, 2.45) is 0 Å². The summed E-state index contributed by atoms with van der Waals surface area (Å²) in [5.41, 5.74) is 0. The van der Waals surface area contributed by atoms with Crippen LogP contribution >= 0.6 is 0 Å². The summed E-state index contributed by atoms with van der Waals surface area (Å²) in [4.78, 5) is 7.01. The fourth-order valence-electron chi connectivity index (χ4n) is 2.95. The largest absolute Gasteiger partial charge is 0.312 e. The lowest BCUT2D eigenvalue weighted by molar-refractivity contribution is 0.131. The van der Waals surface area contributed by atoms with E-state index in [9.17, 15) is 0 Å². The van der Waals surface area contributed by atoms with Crippen LogP contribution in [-0.2, 0) is 13.1 Å². The van der Waals surface area contributed by atoms with Gasteiger partial charge in [0, 0.05) is 25.2 Å². The van der Waals surface area contributed by atoms with Crippen LogP contribution in [0.15, 0.2) is 6.33 Å². The highest BCUT2D eigenvalue weighted by molar-refractivity contribution is 4.90. The SMILES string of the molecule is CCn1ncnc1CN1CCCCC1CNC1CC1. The molecular formula is C14H25N5. The molecular weight excluding hydrogens is 238 g/mol. The molecule has 3 rings (SSSR count). The van der Waals surface area contributed by atoms with Gasteiger partial charge in [-0.1, -0.05) is 6.42 Å². The van der Waals surface area contributed by atoms with Gasteiger partial charge in [0.1, 0.15) is 12.2 Å². The van der Waals surface area contributed by atoms with E-state index in [1.807, 2.05) is 4.68 Å². The van der Waals surface area contributed by atoms with Crippen LogP contribution in [0.5, 0.6) is 0 Å². The summed E-state index contributed by atoms with van der Waals surface area (Å²) in [6.07, 6.45) is 8.43. The van der Waals surface area contributed by atoms with E-state index in [2.05, 4.69) is 27.2 Å². The Kier molecular flexibility index (Phi) is 4.13. The zero-order valence-electron chi connectivity index (χ0n) is 11.9.